The number of amides is 2. The average Bonchev–Trinajstić information content (AvgIpc) is 3.71. The van der Waals surface area contributed by atoms with Crippen molar-refractivity contribution in [3.8, 4) is 11.5 Å². The maximum atomic E-state index is 13.7. The lowest BCUT2D eigenvalue weighted by atomic mass is 9.72. The first kappa shape index (κ1) is 41.5. The normalized spacial score (nSPS) is 25.2. The van der Waals surface area contributed by atoms with Gasteiger partial charge >= 0.3 is 0 Å². The maximum absolute atomic E-state index is 13.7. The van der Waals surface area contributed by atoms with Crippen LogP contribution in [0.15, 0.2) is 97.1 Å². The maximum Gasteiger partial charge on any atom is 0.253 e. The fraction of sp³-hybridized carbons (Fsp3) is 0.469. The lowest BCUT2D eigenvalue weighted by Gasteiger charge is -2.59. The van der Waals surface area contributed by atoms with Crippen LogP contribution in [0, 0.1) is 0 Å². The van der Waals surface area contributed by atoms with E-state index in [0.29, 0.717) is 99.6 Å². The van der Waals surface area contributed by atoms with Crippen LogP contribution in [0.5, 0.6) is 11.5 Å². The molecule has 4 aromatic rings. The Bertz CT molecular complexity index is 2070. The van der Waals surface area contributed by atoms with Gasteiger partial charge in [0.1, 0.15) is 36.4 Å². The van der Waals surface area contributed by atoms with Gasteiger partial charge in [-0.2, -0.15) is 0 Å². The van der Waals surface area contributed by atoms with Gasteiger partial charge in [-0.05, 0) is 115 Å². The van der Waals surface area contributed by atoms with Crippen LogP contribution in [0.4, 0.5) is 0 Å². The lowest BCUT2D eigenvalue weighted by Crippen LogP contribution is -2.74. The average molecular weight is 831 g/mol. The fourth-order valence-corrected chi connectivity index (χ4v) is 9.92. The first-order chi connectivity index (χ1) is 29.7. The van der Waals surface area contributed by atoms with E-state index in [1.54, 1.807) is 30.3 Å². The van der Waals surface area contributed by atoms with Crippen molar-refractivity contribution < 1.29 is 38.4 Å². The van der Waals surface area contributed by atoms with Crippen LogP contribution in [0.25, 0.3) is 0 Å². The summed E-state index contributed by atoms with van der Waals surface area (Å²) < 4.78 is 32.2. The van der Waals surface area contributed by atoms with Crippen molar-refractivity contribution in [2.24, 2.45) is 11.5 Å². The third-order valence-corrected chi connectivity index (χ3v) is 13.7. The summed E-state index contributed by atoms with van der Waals surface area (Å²) in [6.07, 6.45) is 5.37. The monoisotopic (exact) mass is 830 g/mol. The molecule has 9 rings (SSSR count). The molecule has 1 aliphatic carbocycles. The Morgan fingerprint density at radius 1 is 0.672 bits per heavy atom. The zero-order valence-corrected chi connectivity index (χ0v) is 34.8. The van der Waals surface area contributed by atoms with Crippen LogP contribution in [0.2, 0.25) is 0 Å². The molecule has 322 valence electrons. The van der Waals surface area contributed by atoms with E-state index in [0.717, 1.165) is 43.2 Å². The highest BCUT2D eigenvalue weighted by Gasteiger charge is 2.69. The van der Waals surface area contributed by atoms with Gasteiger partial charge in [-0.15, -0.1) is 0 Å². The third kappa shape index (κ3) is 8.41. The van der Waals surface area contributed by atoms with Crippen molar-refractivity contribution in [2.75, 3.05) is 46.0 Å². The van der Waals surface area contributed by atoms with Crippen molar-refractivity contribution in [1.82, 2.24) is 9.80 Å². The third-order valence-electron chi connectivity index (χ3n) is 13.7. The highest BCUT2D eigenvalue weighted by molar-refractivity contribution is 5.95. The standard InChI is InChI=1S/C49H58N4O8/c50-30-34-6-1-8-38(26-34)36-14-21-52(22-15-36)45(54)40-10-3-12-42(28-40)57-32-48-44(18-25-59-48)60-49(56,47(61-48)19-5-20-47)33-58-43-13-4-11-41(29-43)46(55)53-23-16-37(17-24-53)39-9-2-7-35(27-39)31-51/h1-4,6-13,26-29,36-37,44,56H,5,14-25,30-33,50-51H2. The van der Waals surface area contributed by atoms with E-state index >= 15 is 0 Å². The number of nitrogens with two attached hydrogens (primary N) is 2. The summed E-state index contributed by atoms with van der Waals surface area (Å²) in [6, 6.07) is 31.3. The predicted molar refractivity (Wildman–Crippen MR) is 229 cm³/mol. The number of hydrogen-bond donors (Lipinski definition) is 3. The van der Waals surface area contributed by atoms with Crippen LogP contribution in [0.3, 0.4) is 0 Å². The SMILES string of the molecule is NCc1cccc(C2CCN(C(=O)c3cccc(OCC45OCCC4OC(O)(COc4cccc(C(=O)N6CCC(c7cccc(CN)c7)CC6)c4)C4(CCC4)O5)c3)CC2)c1. The number of carbonyl (C=O) groups is 2. The number of nitrogens with zero attached hydrogens (tertiary/aromatic N) is 2. The predicted octanol–water partition coefficient (Wildman–Crippen LogP) is 6.24. The molecule has 5 N–H and O–H groups in total. The molecule has 0 bridgehead atoms. The molecule has 3 unspecified atom stereocenters. The molecule has 4 aromatic carbocycles. The van der Waals surface area contributed by atoms with E-state index in [2.05, 4.69) is 36.4 Å². The van der Waals surface area contributed by atoms with Crippen LogP contribution in [-0.4, -0.2) is 96.0 Å². The minimum atomic E-state index is -1.76. The zero-order chi connectivity index (χ0) is 42.0. The summed E-state index contributed by atoms with van der Waals surface area (Å²) in [5, 5.41) is 12.2. The fourth-order valence-electron chi connectivity index (χ4n) is 9.92. The quantitative estimate of drug-likeness (QED) is 0.149. The topological polar surface area (TPSA) is 159 Å². The minimum Gasteiger partial charge on any atom is -0.488 e. The van der Waals surface area contributed by atoms with E-state index in [9.17, 15) is 14.7 Å². The van der Waals surface area contributed by atoms with E-state index < -0.39 is 23.3 Å². The van der Waals surface area contributed by atoms with Gasteiger partial charge in [0, 0.05) is 56.8 Å². The highest BCUT2D eigenvalue weighted by Crippen LogP contribution is 2.54. The van der Waals surface area contributed by atoms with E-state index in [1.807, 2.05) is 40.1 Å². The number of fused-ring (bicyclic) bond motifs is 1. The smallest absolute Gasteiger partial charge is 0.253 e. The van der Waals surface area contributed by atoms with Crippen LogP contribution < -0.4 is 20.9 Å². The van der Waals surface area contributed by atoms with Crippen molar-refractivity contribution >= 4 is 11.8 Å². The number of carbonyl (C=O) groups excluding carboxylic acids is 2. The molecule has 61 heavy (non-hydrogen) atoms. The molecule has 0 radical (unpaired) electrons. The summed E-state index contributed by atoms with van der Waals surface area (Å²) in [5.41, 5.74) is 16.6. The van der Waals surface area contributed by atoms with Gasteiger partial charge in [0.2, 0.25) is 11.6 Å². The largest absolute Gasteiger partial charge is 0.488 e. The lowest BCUT2D eigenvalue weighted by molar-refractivity contribution is -0.467. The van der Waals surface area contributed by atoms with Gasteiger partial charge in [-0.25, -0.2) is 0 Å². The Hall–Kier alpha value is -4.82. The van der Waals surface area contributed by atoms with Gasteiger partial charge in [-0.1, -0.05) is 60.7 Å². The van der Waals surface area contributed by atoms with Gasteiger partial charge in [0.15, 0.2) is 0 Å². The van der Waals surface area contributed by atoms with Gasteiger partial charge in [0.05, 0.1) is 6.61 Å². The summed E-state index contributed by atoms with van der Waals surface area (Å²) >= 11 is 0. The molecule has 4 aliphatic heterocycles. The first-order valence-corrected chi connectivity index (χ1v) is 22.1. The highest BCUT2D eigenvalue weighted by atomic mass is 16.8. The molecule has 4 saturated heterocycles. The molecule has 5 aliphatic rings. The Kier molecular flexibility index (Phi) is 11.9. The molecule has 0 aromatic heterocycles. The zero-order valence-electron chi connectivity index (χ0n) is 34.8. The number of benzene rings is 4. The second-order valence-electron chi connectivity index (χ2n) is 17.5. The van der Waals surface area contributed by atoms with Gasteiger partial charge in [0.25, 0.3) is 11.8 Å². The van der Waals surface area contributed by atoms with Crippen LogP contribution in [-0.2, 0) is 27.3 Å². The first-order valence-electron chi connectivity index (χ1n) is 22.1. The summed E-state index contributed by atoms with van der Waals surface area (Å²) in [4.78, 5) is 31.1. The molecule has 4 heterocycles. The number of likely N-dealkylation sites (tertiary alicyclic amines) is 2. The molecular formula is C49H58N4O8. The Labute approximate surface area is 358 Å². The molecule has 5 fully saturated rings. The number of rotatable bonds is 12. The number of aliphatic hydroxyl groups is 1. The van der Waals surface area contributed by atoms with Crippen molar-refractivity contribution in [3.63, 3.8) is 0 Å². The van der Waals surface area contributed by atoms with E-state index in [4.69, 9.17) is 35.2 Å². The summed E-state index contributed by atoms with van der Waals surface area (Å²) in [7, 11) is 0. The summed E-state index contributed by atoms with van der Waals surface area (Å²) in [5.74, 6) is -1.29. The van der Waals surface area contributed by atoms with Crippen molar-refractivity contribution in [3.05, 3.63) is 130 Å². The molecule has 1 spiro atoms. The molecule has 1 saturated carbocycles. The summed E-state index contributed by atoms with van der Waals surface area (Å²) in [6.45, 7) is 3.91. The Morgan fingerprint density at radius 2 is 1.18 bits per heavy atom. The number of ether oxygens (including phenoxy) is 5. The van der Waals surface area contributed by atoms with E-state index in [1.165, 1.54) is 11.1 Å². The number of hydrogen-bond acceptors (Lipinski definition) is 10. The van der Waals surface area contributed by atoms with Crippen LogP contribution in [0.1, 0.15) is 106 Å². The molecule has 2 amide bonds. The number of piperidine rings is 2. The van der Waals surface area contributed by atoms with Crippen molar-refractivity contribution in [2.45, 2.75) is 99.6 Å². The minimum absolute atomic E-state index is 0.0166. The van der Waals surface area contributed by atoms with E-state index in [-0.39, 0.29) is 25.0 Å². The molecule has 12 nitrogen and oxygen atoms in total. The van der Waals surface area contributed by atoms with Crippen molar-refractivity contribution in [1.29, 1.82) is 0 Å². The molecular weight excluding hydrogens is 773 g/mol. The van der Waals surface area contributed by atoms with Gasteiger partial charge < -0.3 is 50.1 Å². The Balaban J connectivity index is 0.805. The van der Waals surface area contributed by atoms with Crippen LogP contribution >= 0.6 is 0 Å². The second-order valence-corrected chi connectivity index (χ2v) is 17.5. The molecule has 12 heteroatoms. The second kappa shape index (κ2) is 17.5. The molecule has 3 atom stereocenters. The van der Waals surface area contributed by atoms with Gasteiger partial charge in [-0.3, -0.25) is 9.59 Å². The Morgan fingerprint density at radius 3 is 1.67 bits per heavy atom.